The van der Waals surface area contributed by atoms with Crippen molar-refractivity contribution in [3.63, 3.8) is 0 Å². The number of hydrogen-bond donors (Lipinski definition) is 1. The quantitative estimate of drug-likeness (QED) is 0.722. The van der Waals surface area contributed by atoms with Gasteiger partial charge in [0.25, 0.3) is 0 Å². The molecule has 0 aliphatic rings. The van der Waals surface area contributed by atoms with Gasteiger partial charge in [-0.05, 0) is 71.6 Å². The van der Waals surface area contributed by atoms with Gasteiger partial charge in [-0.1, -0.05) is 34.1 Å². The second-order valence-corrected chi connectivity index (χ2v) is 7.86. The van der Waals surface area contributed by atoms with Crippen LogP contribution in [0.1, 0.15) is 46.6 Å². The molecule has 0 radical (unpaired) electrons. The fourth-order valence-corrected chi connectivity index (χ4v) is 2.62. The molecule has 0 aliphatic carbocycles. The first-order valence-corrected chi connectivity index (χ1v) is 8.67. The summed E-state index contributed by atoms with van der Waals surface area (Å²) in [7, 11) is 0. The fraction of sp³-hybridized carbons (Fsp3) is 0.667. The summed E-state index contributed by atoms with van der Waals surface area (Å²) in [6.07, 6.45) is 2.47. The molecule has 3 heteroatoms. The van der Waals surface area contributed by atoms with Crippen molar-refractivity contribution in [3.05, 3.63) is 34.3 Å². The topological polar surface area (TPSA) is 21.3 Å². The standard InChI is InChI=1S/C18H30BrNO/c1-14(2)21-11-10-15(13-20-18(3,4)5)12-16-8-6-7-9-17(16)19/h6-9,14-15,20H,10-13H2,1-5H3. The van der Waals surface area contributed by atoms with Crippen molar-refractivity contribution in [1.82, 2.24) is 5.32 Å². The molecule has 0 saturated carbocycles. The highest BCUT2D eigenvalue weighted by Crippen LogP contribution is 2.21. The third-order valence-corrected chi connectivity index (χ3v) is 4.14. The Kier molecular flexibility index (Phi) is 7.93. The lowest BCUT2D eigenvalue weighted by molar-refractivity contribution is 0.0677. The SMILES string of the molecule is CC(C)OCCC(CNC(C)(C)C)Cc1ccccc1Br. The Morgan fingerprint density at radius 2 is 1.86 bits per heavy atom. The lowest BCUT2D eigenvalue weighted by Gasteiger charge is -2.26. The van der Waals surface area contributed by atoms with Gasteiger partial charge in [-0.25, -0.2) is 0 Å². The van der Waals surface area contributed by atoms with Crippen LogP contribution in [0.4, 0.5) is 0 Å². The second-order valence-electron chi connectivity index (χ2n) is 7.00. The number of rotatable bonds is 8. The van der Waals surface area contributed by atoms with Crippen LogP contribution in [0.3, 0.4) is 0 Å². The molecule has 2 nitrogen and oxygen atoms in total. The Bertz CT molecular complexity index is 412. The van der Waals surface area contributed by atoms with Crippen LogP contribution in [0.2, 0.25) is 0 Å². The van der Waals surface area contributed by atoms with E-state index in [1.165, 1.54) is 10.0 Å². The number of ether oxygens (including phenoxy) is 1. The Morgan fingerprint density at radius 1 is 1.19 bits per heavy atom. The van der Waals surface area contributed by atoms with E-state index in [2.05, 4.69) is 80.1 Å². The van der Waals surface area contributed by atoms with Gasteiger partial charge in [-0.3, -0.25) is 0 Å². The molecular weight excluding hydrogens is 326 g/mol. The number of hydrogen-bond acceptors (Lipinski definition) is 2. The van der Waals surface area contributed by atoms with Crippen LogP contribution in [0.15, 0.2) is 28.7 Å². The van der Waals surface area contributed by atoms with Gasteiger partial charge in [0.1, 0.15) is 0 Å². The molecule has 0 bridgehead atoms. The second kappa shape index (κ2) is 8.92. The first-order valence-electron chi connectivity index (χ1n) is 7.88. The van der Waals surface area contributed by atoms with Gasteiger partial charge in [-0.15, -0.1) is 0 Å². The van der Waals surface area contributed by atoms with E-state index < -0.39 is 0 Å². The molecule has 0 spiro atoms. The summed E-state index contributed by atoms with van der Waals surface area (Å²) in [5.74, 6) is 0.585. The van der Waals surface area contributed by atoms with Gasteiger partial charge in [0.2, 0.25) is 0 Å². The lowest BCUT2D eigenvalue weighted by Crippen LogP contribution is -2.39. The van der Waals surface area contributed by atoms with Crippen LogP contribution in [0.5, 0.6) is 0 Å². The van der Waals surface area contributed by atoms with E-state index in [4.69, 9.17) is 4.74 Å². The Balaban J connectivity index is 2.60. The molecule has 0 amide bonds. The van der Waals surface area contributed by atoms with Gasteiger partial charge >= 0.3 is 0 Å². The summed E-state index contributed by atoms with van der Waals surface area (Å²) in [6, 6.07) is 8.50. The van der Waals surface area contributed by atoms with Gasteiger partial charge < -0.3 is 10.1 Å². The summed E-state index contributed by atoms with van der Waals surface area (Å²) in [5, 5.41) is 3.63. The Morgan fingerprint density at radius 3 is 2.43 bits per heavy atom. The Hall–Kier alpha value is -0.380. The average molecular weight is 356 g/mol. The van der Waals surface area contributed by atoms with E-state index in [0.717, 1.165) is 26.0 Å². The van der Waals surface area contributed by atoms with Crippen molar-refractivity contribution in [2.45, 2.75) is 59.1 Å². The number of halogens is 1. The van der Waals surface area contributed by atoms with Crippen LogP contribution in [-0.2, 0) is 11.2 Å². The molecule has 120 valence electrons. The van der Waals surface area contributed by atoms with Crippen molar-refractivity contribution < 1.29 is 4.74 Å². The van der Waals surface area contributed by atoms with Gasteiger partial charge in [0, 0.05) is 16.6 Å². The van der Waals surface area contributed by atoms with Crippen molar-refractivity contribution in [1.29, 1.82) is 0 Å². The lowest BCUT2D eigenvalue weighted by atomic mass is 9.95. The maximum absolute atomic E-state index is 5.73. The minimum absolute atomic E-state index is 0.158. The van der Waals surface area contributed by atoms with Crippen LogP contribution in [0, 0.1) is 5.92 Å². The third-order valence-electron chi connectivity index (χ3n) is 3.36. The van der Waals surface area contributed by atoms with Crippen LogP contribution >= 0.6 is 15.9 Å². The van der Waals surface area contributed by atoms with Gasteiger partial charge in [-0.2, -0.15) is 0 Å². The van der Waals surface area contributed by atoms with E-state index in [0.29, 0.717) is 12.0 Å². The molecule has 1 aromatic carbocycles. The average Bonchev–Trinajstić information content (AvgIpc) is 2.37. The zero-order valence-electron chi connectivity index (χ0n) is 14.1. The van der Waals surface area contributed by atoms with Gasteiger partial charge in [0.15, 0.2) is 0 Å². The normalized spacial score (nSPS) is 13.7. The largest absolute Gasteiger partial charge is 0.379 e. The molecule has 0 fully saturated rings. The molecule has 0 aliphatic heterocycles. The highest BCUT2D eigenvalue weighted by Gasteiger charge is 2.16. The third kappa shape index (κ3) is 8.60. The highest BCUT2D eigenvalue weighted by atomic mass is 79.9. The summed E-state index contributed by atoms with van der Waals surface area (Å²) in [5.41, 5.74) is 1.54. The summed E-state index contributed by atoms with van der Waals surface area (Å²) >= 11 is 3.66. The molecule has 1 aromatic rings. The fourth-order valence-electron chi connectivity index (χ4n) is 2.17. The van der Waals surface area contributed by atoms with E-state index in [1.807, 2.05) is 0 Å². The zero-order valence-corrected chi connectivity index (χ0v) is 15.7. The Labute approximate surface area is 138 Å². The van der Waals surface area contributed by atoms with E-state index >= 15 is 0 Å². The van der Waals surface area contributed by atoms with Crippen molar-refractivity contribution >= 4 is 15.9 Å². The van der Waals surface area contributed by atoms with Crippen LogP contribution < -0.4 is 5.32 Å². The van der Waals surface area contributed by atoms with Crippen LogP contribution in [0.25, 0.3) is 0 Å². The predicted octanol–water partition coefficient (Wildman–Crippen LogP) is 4.81. The van der Waals surface area contributed by atoms with Crippen molar-refractivity contribution in [2.75, 3.05) is 13.2 Å². The first kappa shape index (κ1) is 18.7. The predicted molar refractivity (Wildman–Crippen MR) is 94.8 cm³/mol. The molecule has 1 N–H and O–H groups in total. The summed E-state index contributed by atoms with van der Waals surface area (Å²) < 4.78 is 6.94. The molecule has 0 saturated heterocycles. The van der Waals surface area contributed by atoms with E-state index in [1.54, 1.807) is 0 Å². The van der Waals surface area contributed by atoms with E-state index in [-0.39, 0.29) is 5.54 Å². The maximum atomic E-state index is 5.73. The van der Waals surface area contributed by atoms with Crippen LogP contribution in [-0.4, -0.2) is 24.8 Å². The monoisotopic (exact) mass is 355 g/mol. The minimum Gasteiger partial charge on any atom is -0.379 e. The van der Waals surface area contributed by atoms with Crippen molar-refractivity contribution in [2.24, 2.45) is 5.92 Å². The van der Waals surface area contributed by atoms with E-state index in [9.17, 15) is 0 Å². The highest BCUT2D eigenvalue weighted by molar-refractivity contribution is 9.10. The molecule has 1 atom stereocenters. The summed E-state index contributed by atoms with van der Waals surface area (Å²) in [6.45, 7) is 12.7. The molecule has 1 rings (SSSR count). The smallest absolute Gasteiger partial charge is 0.0518 e. The molecule has 1 unspecified atom stereocenters. The number of benzene rings is 1. The minimum atomic E-state index is 0.158. The zero-order chi connectivity index (χ0) is 15.9. The molecule has 0 aromatic heterocycles. The maximum Gasteiger partial charge on any atom is 0.0518 e. The molecule has 21 heavy (non-hydrogen) atoms. The van der Waals surface area contributed by atoms with Gasteiger partial charge in [0.05, 0.1) is 6.10 Å². The molecule has 0 heterocycles. The molecular formula is C18H30BrNO. The summed E-state index contributed by atoms with van der Waals surface area (Å²) in [4.78, 5) is 0. The van der Waals surface area contributed by atoms with Crippen molar-refractivity contribution in [3.8, 4) is 0 Å². The first-order chi connectivity index (χ1) is 9.78. The number of nitrogens with one attached hydrogen (secondary N) is 1.